The van der Waals surface area contributed by atoms with Crippen molar-refractivity contribution in [3.8, 4) is 0 Å². The summed E-state index contributed by atoms with van der Waals surface area (Å²) in [6.07, 6.45) is 6.10. The summed E-state index contributed by atoms with van der Waals surface area (Å²) in [5.74, 6) is 1.24. The van der Waals surface area contributed by atoms with Crippen LogP contribution < -0.4 is 5.73 Å². The minimum atomic E-state index is 0.171. The molecule has 16 heavy (non-hydrogen) atoms. The van der Waals surface area contributed by atoms with Crippen LogP contribution in [-0.4, -0.2) is 42.1 Å². The molecule has 2 atom stereocenters. The predicted molar refractivity (Wildman–Crippen MR) is 75.0 cm³/mol. The molecule has 0 amide bonds. The molecule has 0 aromatic rings. The van der Waals surface area contributed by atoms with Crippen LogP contribution in [-0.2, 0) is 0 Å². The summed E-state index contributed by atoms with van der Waals surface area (Å²) in [6, 6.07) is 0.624. The van der Waals surface area contributed by atoms with E-state index in [2.05, 4.69) is 39.0 Å². The van der Waals surface area contributed by atoms with E-state index in [1.807, 2.05) is 11.8 Å². The monoisotopic (exact) mass is 244 g/mol. The van der Waals surface area contributed by atoms with Crippen LogP contribution in [0.2, 0.25) is 0 Å². The van der Waals surface area contributed by atoms with Gasteiger partial charge in [0.25, 0.3) is 0 Å². The Kier molecular flexibility index (Phi) is 4.73. The lowest BCUT2D eigenvalue weighted by molar-refractivity contribution is 0.0393. The fraction of sp³-hybridized carbons (Fsp3) is 1.00. The molecule has 1 rings (SSSR count). The van der Waals surface area contributed by atoms with Gasteiger partial charge in [-0.15, -0.1) is 0 Å². The number of hydrogen-bond donors (Lipinski definition) is 1. The molecule has 1 saturated carbocycles. The maximum absolute atomic E-state index is 6.05. The van der Waals surface area contributed by atoms with Crippen LogP contribution in [0.1, 0.15) is 40.0 Å². The Morgan fingerprint density at radius 3 is 2.44 bits per heavy atom. The SMILES string of the molecule is CSCCC(C)N(C)C(C)(CN)C1(C)CC1. The average molecular weight is 244 g/mol. The molecule has 0 aromatic carbocycles. The number of thioether (sulfide) groups is 1. The van der Waals surface area contributed by atoms with Crippen molar-refractivity contribution in [2.75, 3.05) is 25.6 Å². The molecule has 3 heteroatoms. The highest BCUT2D eigenvalue weighted by Crippen LogP contribution is 2.55. The van der Waals surface area contributed by atoms with Gasteiger partial charge in [0, 0.05) is 18.1 Å². The van der Waals surface area contributed by atoms with E-state index in [1.165, 1.54) is 25.0 Å². The second-order valence-corrected chi connectivity index (χ2v) is 6.77. The number of nitrogens with zero attached hydrogens (tertiary/aromatic N) is 1. The van der Waals surface area contributed by atoms with Gasteiger partial charge in [0.05, 0.1) is 0 Å². The third kappa shape index (κ3) is 2.57. The second-order valence-electron chi connectivity index (χ2n) is 5.78. The van der Waals surface area contributed by atoms with E-state index in [0.29, 0.717) is 11.5 Å². The first-order valence-corrected chi connectivity index (χ1v) is 7.72. The van der Waals surface area contributed by atoms with Crippen molar-refractivity contribution in [3.05, 3.63) is 0 Å². The van der Waals surface area contributed by atoms with E-state index < -0.39 is 0 Å². The van der Waals surface area contributed by atoms with Crippen molar-refractivity contribution in [2.45, 2.75) is 51.6 Å². The maximum Gasteiger partial charge on any atom is 0.0356 e. The van der Waals surface area contributed by atoms with E-state index in [1.54, 1.807) is 0 Å². The van der Waals surface area contributed by atoms with Gasteiger partial charge in [-0.25, -0.2) is 0 Å². The van der Waals surface area contributed by atoms with Crippen molar-refractivity contribution in [1.82, 2.24) is 4.90 Å². The minimum Gasteiger partial charge on any atom is -0.329 e. The number of nitrogens with two attached hydrogens (primary N) is 1. The standard InChI is InChI=1S/C13H28N2S/c1-11(6-9-16-5)15(4)13(3,10-14)12(2)7-8-12/h11H,6-10,14H2,1-5H3. The van der Waals surface area contributed by atoms with Crippen LogP contribution in [0.25, 0.3) is 0 Å². The van der Waals surface area contributed by atoms with E-state index in [-0.39, 0.29) is 5.54 Å². The molecule has 2 unspecified atom stereocenters. The van der Waals surface area contributed by atoms with E-state index >= 15 is 0 Å². The molecule has 0 aromatic heterocycles. The summed E-state index contributed by atoms with van der Waals surface area (Å²) in [7, 11) is 2.25. The van der Waals surface area contributed by atoms with Crippen LogP contribution in [0.15, 0.2) is 0 Å². The molecule has 96 valence electrons. The highest BCUT2D eigenvalue weighted by molar-refractivity contribution is 7.98. The molecule has 0 spiro atoms. The van der Waals surface area contributed by atoms with Crippen LogP contribution in [0.4, 0.5) is 0 Å². The zero-order valence-corrected chi connectivity index (χ0v) is 12.4. The normalized spacial score (nSPS) is 24.2. The van der Waals surface area contributed by atoms with Gasteiger partial charge >= 0.3 is 0 Å². The first kappa shape index (κ1) is 14.3. The Hall–Kier alpha value is 0.270. The largest absolute Gasteiger partial charge is 0.329 e. The zero-order chi connectivity index (χ0) is 12.4. The maximum atomic E-state index is 6.05. The molecule has 0 heterocycles. The van der Waals surface area contributed by atoms with Gasteiger partial charge in [-0.3, -0.25) is 4.90 Å². The highest BCUT2D eigenvalue weighted by atomic mass is 32.2. The summed E-state index contributed by atoms with van der Waals surface area (Å²) < 4.78 is 0. The van der Waals surface area contributed by atoms with Crippen LogP contribution in [0.3, 0.4) is 0 Å². The lowest BCUT2D eigenvalue weighted by atomic mass is 9.81. The molecule has 0 aliphatic heterocycles. The average Bonchev–Trinajstić information content (AvgIpc) is 3.03. The molecule has 0 bridgehead atoms. The van der Waals surface area contributed by atoms with Crippen LogP contribution in [0, 0.1) is 5.41 Å². The molecule has 1 aliphatic rings. The number of hydrogen-bond acceptors (Lipinski definition) is 3. The third-order valence-electron chi connectivity index (χ3n) is 4.88. The second kappa shape index (κ2) is 5.28. The van der Waals surface area contributed by atoms with Gasteiger partial charge in [0.2, 0.25) is 0 Å². The van der Waals surface area contributed by atoms with Gasteiger partial charge in [0.1, 0.15) is 0 Å². The fourth-order valence-corrected chi connectivity index (χ4v) is 3.09. The number of likely N-dealkylation sites (N-methyl/N-ethyl adjacent to an activating group) is 1. The highest BCUT2D eigenvalue weighted by Gasteiger charge is 2.54. The number of rotatable bonds is 7. The van der Waals surface area contributed by atoms with E-state index in [4.69, 9.17) is 5.73 Å². The molecule has 1 fully saturated rings. The quantitative estimate of drug-likeness (QED) is 0.746. The Bertz CT molecular complexity index is 228. The first-order chi connectivity index (χ1) is 7.41. The summed E-state index contributed by atoms with van der Waals surface area (Å²) in [5, 5.41) is 0. The Morgan fingerprint density at radius 2 is 2.06 bits per heavy atom. The molecular formula is C13H28N2S. The predicted octanol–water partition coefficient (Wildman–Crippen LogP) is 2.58. The summed E-state index contributed by atoms with van der Waals surface area (Å²) in [6.45, 7) is 7.83. The van der Waals surface area contributed by atoms with Crippen molar-refractivity contribution < 1.29 is 0 Å². The summed E-state index contributed by atoms with van der Waals surface area (Å²) in [4.78, 5) is 2.52. The topological polar surface area (TPSA) is 29.3 Å². The van der Waals surface area contributed by atoms with Gasteiger partial charge < -0.3 is 5.73 Å². The molecular weight excluding hydrogens is 216 g/mol. The third-order valence-corrected chi connectivity index (χ3v) is 5.52. The van der Waals surface area contributed by atoms with Crippen molar-refractivity contribution in [2.24, 2.45) is 11.1 Å². The first-order valence-electron chi connectivity index (χ1n) is 6.33. The zero-order valence-electron chi connectivity index (χ0n) is 11.5. The summed E-state index contributed by atoms with van der Waals surface area (Å²) >= 11 is 1.93. The molecule has 0 saturated heterocycles. The van der Waals surface area contributed by atoms with E-state index in [0.717, 1.165) is 6.54 Å². The van der Waals surface area contributed by atoms with Crippen LogP contribution in [0.5, 0.6) is 0 Å². The lowest BCUT2D eigenvalue weighted by Crippen LogP contribution is -2.58. The molecule has 1 aliphatic carbocycles. The smallest absolute Gasteiger partial charge is 0.0356 e. The van der Waals surface area contributed by atoms with Crippen molar-refractivity contribution in [1.29, 1.82) is 0 Å². The Labute approximate surface area is 105 Å². The van der Waals surface area contributed by atoms with Crippen molar-refractivity contribution in [3.63, 3.8) is 0 Å². The van der Waals surface area contributed by atoms with E-state index in [9.17, 15) is 0 Å². The summed E-state index contributed by atoms with van der Waals surface area (Å²) in [5.41, 5.74) is 6.67. The van der Waals surface area contributed by atoms with Crippen LogP contribution >= 0.6 is 11.8 Å². The Balaban J connectivity index is 2.65. The van der Waals surface area contributed by atoms with Gasteiger partial charge in [0.15, 0.2) is 0 Å². The van der Waals surface area contributed by atoms with Crippen molar-refractivity contribution >= 4 is 11.8 Å². The molecule has 0 radical (unpaired) electrons. The minimum absolute atomic E-state index is 0.171. The molecule has 2 N–H and O–H groups in total. The fourth-order valence-electron chi connectivity index (χ4n) is 2.51. The molecule has 2 nitrogen and oxygen atoms in total. The van der Waals surface area contributed by atoms with Gasteiger partial charge in [-0.05, 0) is 57.6 Å². The van der Waals surface area contributed by atoms with Gasteiger partial charge in [-0.1, -0.05) is 6.92 Å². The lowest BCUT2D eigenvalue weighted by Gasteiger charge is -2.46. The Morgan fingerprint density at radius 1 is 1.50 bits per heavy atom. The van der Waals surface area contributed by atoms with Gasteiger partial charge in [-0.2, -0.15) is 11.8 Å².